The Bertz CT molecular complexity index is 1130. The van der Waals surface area contributed by atoms with E-state index in [2.05, 4.69) is 23.2 Å². The first kappa shape index (κ1) is 19.2. The van der Waals surface area contributed by atoms with Crippen LogP contribution in [0.15, 0.2) is 71.7 Å². The third-order valence-electron chi connectivity index (χ3n) is 6.16. The summed E-state index contributed by atoms with van der Waals surface area (Å²) < 4.78 is 0.832. The number of hydrogen-bond acceptors (Lipinski definition) is 3. The predicted molar refractivity (Wildman–Crippen MR) is 116 cm³/mol. The molecule has 0 amide bonds. The Hall–Kier alpha value is -3.18. The van der Waals surface area contributed by atoms with E-state index in [-0.39, 0.29) is 5.84 Å². The number of rotatable bonds is 3. The summed E-state index contributed by atoms with van der Waals surface area (Å²) in [6.07, 6.45) is 1.78. The molecule has 4 rings (SSSR count). The molecule has 29 heavy (non-hydrogen) atoms. The van der Waals surface area contributed by atoms with Crippen LogP contribution in [0.3, 0.4) is 0 Å². The zero-order chi connectivity index (χ0) is 20.8. The molecule has 0 saturated carbocycles. The van der Waals surface area contributed by atoms with Crippen molar-refractivity contribution in [1.82, 2.24) is 5.06 Å². The van der Waals surface area contributed by atoms with Crippen LogP contribution in [-0.2, 0) is 5.21 Å². The van der Waals surface area contributed by atoms with Crippen LogP contribution in [-0.4, -0.2) is 32.9 Å². The van der Waals surface area contributed by atoms with Gasteiger partial charge >= 0.3 is 5.84 Å². The van der Waals surface area contributed by atoms with Crippen LogP contribution in [0.2, 0.25) is 0 Å². The minimum atomic E-state index is -0.819. The molecule has 0 fully saturated rings. The van der Waals surface area contributed by atoms with Crippen LogP contribution >= 0.6 is 0 Å². The first-order valence-electron chi connectivity index (χ1n) is 9.67. The van der Waals surface area contributed by atoms with Gasteiger partial charge in [-0.25, -0.2) is 0 Å². The lowest BCUT2D eigenvalue weighted by Crippen LogP contribution is -2.53. The molecule has 5 heteroatoms. The Balaban J connectivity index is 1.59. The zero-order valence-electron chi connectivity index (χ0n) is 17.1. The molecule has 147 valence electrons. The van der Waals surface area contributed by atoms with Crippen LogP contribution in [0.1, 0.15) is 38.8 Å². The summed E-state index contributed by atoms with van der Waals surface area (Å²) in [6.45, 7) is 7.18. The van der Waals surface area contributed by atoms with Gasteiger partial charge in [0.1, 0.15) is 5.54 Å². The second kappa shape index (κ2) is 6.71. The third-order valence-corrected chi connectivity index (χ3v) is 6.16. The van der Waals surface area contributed by atoms with Gasteiger partial charge in [-0.15, -0.1) is 0 Å². The number of nitrogens with zero attached hydrogens (tertiary/aromatic N) is 3. The lowest BCUT2D eigenvalue weighted by atomic mass is 9.84. The number of amidine groups is 1. The molecule has 3 aromatic carbocycles. The largest absolute Gasteiger partial charge is 0.714 e. The van der Waals surface area contributed by atoms with Gasteiger partial charge in [-0.1, -0.05) is 47.5 Å². The zero-order valence-corrected chi connectivity index (χ0v) is 17.1. The summed E-state index contributed by atoms with van der Waals surface area (Å²) in [5, 5.41) is 28.7. The molecule has 0 aromatic heterocycles. The maximum absolute atomic E-state index is 12.8. The van der Waals surface area contributed by atoms with Crippen molar-refractivity contribution in [2.75, 3.05) is 0 Å². The molecule has 0 N–H and O–H groups in total. The van der Waals surface area contributed by atoms with Crippen LogP contribution < -0.4 is 0 Å². The Morgan fingerprint density at radius 1 is 0.931 bits per heavy atom. The highest BCUT2D eigenvalue weighted by Crippen LogP contribution is 2.37. The monoisotopic (exact) mass is 386 g/mol. The van der Waals surface area contributed by atoms with Gasteiger partial charge in [-0.3, -0.25) is 9.73 Å². The van der Waals surface area contributed by atoms with Crippen LogP contribution in [0.5, 0.6) is 0 Å². The number of hydrogen-bond donors (Lipinski definition) is 0. The summed E-state index contributed by atoms with van der Waals surface area (Å²) in [4.78, 5) is 4.55. The maximum Gasteiger partial charge on any atom is 0.316 e. The van der Waals surface area contributed by atoms with E-state index in [0.29, 0.717) is 5.56 Å². The Morgan fingerprint density at radius 3 is 2.21 bits per heavy atom. The predicted octanol–water partition coefficient (Wildman–Crippen LogP) is 5.07. The van der Waals surface area contributed by atoms with E-state index < -0.39 is 11.1 Å². The highest BCUT2D eigenvalue weighted by atomic mass is 16.5. The molecular formula is C24H24N3O2. The Kier molecular flexibility index (Phi) is 4.43. The van der Waals surface area contributed by atoms with Crippen molar-refractivity contribution < 1.29 is 9.95 Å². The van der Waals surface area contributed by atoms with Gasteiger partial charge in [-0.2, -0.15) is 0 Å². The fourth-order valence-electron chi connectivity index (χ4n) is 3.47. The molecule has 1 heterocycles. The van der Waals surface area contributed by atoms with Crippen LogP contribution in [0.4, 0.5) is 5.69 Å². The average molecular weight is 386 g/mol. The first-order chi connectivity index (χ1) is 13.7. The number of hydroxylamine groups is 3. The first-order valence-corrected chi connectivity index (χ1v) is 9.67. The molecule has 3 aromatic rings. The smallest absolute Gasteiger partial charge is 0.316 e. The molecule has 0 saturated heterocycles. The van der Waals surface area contributed by atoms with E-state index >= 15 is 0 Å². The fraction of sp³-hybridized carbons (Fsp3) is 0.250. The highest BCUT2D eigenvalue weighted by molar-refractivity contribution is 5.97. The quantitative estimate of drug-likeness (QED) is 0.359. The number of fused-ring (bicyclic) bond motifs is 1. The second-order valence-electron chi connectivity index (χ2n) is 8.44. The van der Waals surface area contributed by atoms with E-state index in [1.54, 1.807) is 46.0 Å². The molecule has 0 aliphatic carbocycles. The summed E-state index contributed by atoms with van der Waals surface area (Å²) in [5.41, 5.74) is 0.740. The normalized spacial score (nSPS) is 18.2. The second-order valence-corrected chi connectivity index (χ2v) is 8.44. The molecule has 1 aliphatic heterocycles. The highest BCUT2D eigenvalue weighted by Gasteiger charge is 2.59. The van der Waals surface area contributed by atoms with Crippen molar-refractivity contribution in [1.29, 1.82) is 0 Å². The van der Waals surface area contributed by atoms with Crippen molar-refractivity contribution in [3.63, 3.8) is 0 Å². The van der Waals surface area contributed by atoms with E-state index in [1.807, 2.05) is 36.4 Å². The van der Waals surface area contributed by atoms with Gasteiger partial charge in [0.05, 0.1) is 11.3 Å². The van der Waals surface area contributed by atoms with Gasteiger partial charge in [-0.05, 0) is 68.3 Å². The summed E-state index contributed by atoms with van der Waals surface area (Å²) in [7, 11) is 0. The van der Waals surface area contributed by atoms with Gasteiger partial charge in [0.25, 0.3) is 0 Å². The van der Waals surface area contributed by atoms with Crippen molar-refractivity contribution in [2.24, 2.45) is 4.99 Å². The molecule has 1 aliphatic rings. The van der Waals surface area contributed by atoms with Crippen molar-refractivity contribution in [3.05, 3.63) is 83.1 Å². The van der Waals surface area contributed by atoms with Gasteiger partial charge in [0.15, 0.2) is 5.54 Å². The summed E-state index contributed by atoms with van der Waals surface area (Å²) in [5.74, 6) is 0.151. The molecule has 5 nitrogen and oxygen atoms in total. The van der Waals surface area contributed by atoms with E-state index in [0.717, 1.165) is 26.4 Å². The Labute approximate surface area is 170 Å². The lowest BCUT2D eigenvalue weighted by molar-refractivity contribution is -0.539. The van der Waals surface area contributed by atoms with E-state index in [1.165, 1.54) is 5.39 Å². The Morgan fingerprint density at radius 2 is 1.59 bits per heavy atom. The van der Waals surface area contributed by atoms with Crippen molar-refractivity contribution in [3.8, 4) is 0 Å². The number of aliphatic imine (C=N–C) groups is 1. The van der Waals surface area contributed by atoms with Gasteiger partial charge in [0.2, 0.25) is 0 Å². The maximum atomic E-state index is 12.8. The minimum Gasteiger partial charge on any atom is -0.714 e. The molecular weight excluding hydrogens is 362 g/mol. The summed E-state index contributed by atoms with van der Waals surface area (Å²) in [6, 6.07) is 21.6. The molecule has 0 atom stereocenters. The molecule has 0 bridgehead atoms. The lowest BCUT2D eigenvalue weighted by Gasteiger charge is -2.32. The minimum absolute atomic E-state index is 0.151. The topological polar surface area (TPSA) is 61.6 Å². The van der Waals surface area contributed by atoms with Crippen molar-refractivity contribution in [2.45, 2.75) is 38.8 Å². The van der Waals surface area contributed by atoms with Crippen molar-refractivity contribution >= 4 is 28.5 Å². The number of benzene rings is 3. The fourth-order valence-corrected chi connectivity index (χ4v) is 3.47. The van der Waals surface area contributed by atoms with Crippen LogP contribution in [0, 0.1) is 5.21 Å². The standard InChI is InChI=1S/C24H24N3O2/c1-23(2)24(3,4)27(29)22(26(23)28)19-11-9-17(10-12-19)16-25-21-14-13-18-7-5-6-8-20(18)15-21/h5-16H,1-4H3. The van der Waals surface area contributed by atoms with E-state index in [9.17, 15) is 10.4 Å². The van der Waals surface area contributed by atoms with Gasteiger partial charge in [0, 0.05) is 11.4 Å². The summed E-state index contributed by atoms with van der Waals surface area (Å²) >= 11 is 0. The van der Waals surface area contributed by atoms with E-state index in [4.69, 9.17) is 0 Å². The molecule has 0 spiro atoms. The molecule has 1 radical (unpaired) electrons. The van der Waals surface area contributed by atoms with Crippen LogP contribution in [0.25, 0.3) is 10.8 Å². The average Bonchev–Trinajstić information content (AvgIpc) is 2.83. The van der Waals surface area contributed by atoms with Gasteiger partial charge < -0.3 is 5.21 Å². The third kappa shape index (κ3) is 3.08. The molecule has 0 unspecified atom stereocenters. The SMILES string of the molecule is CC1(C)N([O])C(c2ccc(C=Nc3ccc4ccccc4c3)cc2)=[N+]([O-])C1(C)C.